The minimum Gasteiger partial charge on any atom is -0.384 e. The average Bonchev–Trinajstić information content (AvgIpc) is 2.76. The number of aliphatic imine (C=N–C) groups is 1. The summed E-state index contributed by atoms with van der Waals surface area (Å²) in [5, 5.41) is 6.45. The van der Waals surface area contributed by atoms with Crippen LogP contribution < -0.4 is 16.4 Å². The molecule has 0 bridgehead atoms. The van der Waals surface area contributed by atoms with E-state index in [0.29, 0.717) is 39.4 Å². The van der Waals surface area contributed by atoms with E-state index in [9.17, 15) is 9.59 Å². The van der Waals surface area contributed by atoms with Gasteiger partial charge in [-0.05, 0) is 61.5 Å². The molecule has 3 aromatic rings. The lowest BCUT2D eigenvalue weighted by atomic mass is 10.1. The lowest BCUT2D eigenvalue weighted by Crippen LogP contribution is -2.19. The molecule has 0 aliphatic heterocycles. The predicted octanol–water partition coefficient (Wildman–Crippen LogP) is 5.22. The van der Waals surface area contributed by atoms with E-state index in [-0.39, 0.29) is 11.5 Å². The summed E-state index contributed by atoms with van der Waals surface area (Å²) in [5.41, 5.74) is 8.14. The third-order valence-corrected chi connectivity index (χ3v) is 4.83. The number of halogens is 2. The second-order valence-electron chi connectivity index (χ2n) is 6.54. The summed E-state index contributed by atoms with van der Waals surface area (Å²) in [6.45, 7) is 2.47. The van der Waals surface area contributed by atoms with Gasteiger partial charge in [0.05, 0.1) is 11.3 Å². The quantitative estimate of drug-likeness (QED) is 0.351. The Morgan fingerprint density at radius 2 is 1.45 bits per heavy atom. The summed E-state index contributed by atoms with van der Waals surface area (Å²) in [7, 11) is 0. The molecule has 3 rings (SSSR count). The van der Waals surface area contributed by atoms with Gasteiger partial charge in [-0.1, -0.05) is 35.3 Å². The average molecular weight is 455 g/mol. The molecule has 0 fully saturated rings. The highest BCUT2D eigenvalue weighted by Gasteiger charge is 2.16. The number of rotatable bonds is 6. The highest BCUT2D eigenvalue weighted by Crippen LogP contribution is 2.23. The maximum absolute atomic E-state index is 12.8. The van der Waals surface area contributed by atoms with Gasteiger partial charge >= 0.3 is 0 Å². The first-order valence-electron chi connectivity index (χ1n) is 9.45. The van der Waals surface area contributed by atoms with Crippen LogP contribution in [0.1, 0.15) is 33.2 Å². The van der Waals surface area contributed by atoms with E-state index >= 15 is 0 Å². The molecule has 0 heterocycles. The van der Waals surface area contributed by atoms with Crippen molar-refractivity contribution in [3.63, 3.8) is 0 Å². The van der Waals surface area contributed by atoms with Crippen molar-refractivity contribution in [2.24, 2.45) is 10.7 Å². The number of nitrogens with two attached hydrogens (primary N) is 1. The molecule has 8 heteroatoms. The molecule has 31 heavy (non-hydrogen) atoms. The number of carbonyl (C=O) groups excluding carboxylic acids is 2. The highest BCUT2D eigenvalue weighted by molar-refractivity contribution is 6.31. The number of amides is 2. The van der Waals surface area contributed by atoms with Crippen LogP contribution in [0.2, 0.25) is 10.0 Å². The summed E-state index contributed by atoms with van der Waals surface area (Å²) in [6, 6.07) is 18.1. The van der Waals surface area contributed by atoms with E-state index < -0.39 is 5.91 Å². The van der Waals surface area contributed by atoms with E-state index in [2.05, 4.69) is 15.6 Å². The van der Waals surface area contributed by atoms with Crippen molar-refractivity contribution in [2.45, 2.75) is 6.92 Å². The van der Waals surface area contributed by atoms with Crippen molar-refractivity contribution < 1.29 is 9.59 Å². The van der Waals surface area contributed by atoms with Crippen LogP contribution in [-0.2, 0) is 0 Å². The van der Waals surface area contributed by atoms with E-state index in [0.717, 1.165) is 5.56 Å². The van der Waals surface area contributed by atoms with Gasteiger partial charge in [-0.2, -0.15) is 0 Å². The number of nitrogens with zero attached hydrogens (tertiary/aromatic N) is 1. The Hall–Kier alpha value is -3.35. The number of benzene rings is 3. The zero-order valence-electron chi connectivity index (χ0n) is 16.7. The Bertz CT molecular complexity index is 1130. The van der Waals surface area contributed by atoms with Gasteiger partial charge in [0, 0.05) is 33.4 Å². The second-order valence-corrected chi connectivity index (χ2v) is 7.41. The van der Waals surface area contributed by atoms with Gasteiger partial charge in [0.2, 0.25) is 0 Å². The van der Waals surface area contributed by atoms with Crippen molar-refractivity contribution in [1.82, 2.24) is 0 Å². The molecule has 0 aliphatic rings. The molecule has 2 amide bonds. The first-order chi connectivity index (χ1) is 14.9. The molecule has 0 atom stereocenters. The minimum atomic E-state index is -0.418. The molecule has 0 aliphatic carbocycles. The summed E-state index contributed by atoms with van der Waals surface area (Å²) < 4.78 is 0. The van der Waals surface area contributed by atoms with Crippen LogP contribution >= 0.6 is 23.2 Å². The standard InChI is InChI=1S/C23H20Cl2N4O2/c1-2-27-21(26)14-3-5-15(6-4-14)22(30)29-20-12-9-17(25)13-19(20)23(31)28-18-10-7-16(24)8-11-18/h3-13H,2H2,1H3,(H2,26,27)(H,28,31)(H,29,30). The molecule has 158 valence electrons. The fourth-order valence-corrected chi connectivity index (χ4v) is 3.09. The minimum absolute atomic E-state index is 0.228. The van der Waals surface area contributed by atoms with Crippen molar-refractivity contribution in [1.29, 1.82) is 0 Å². The summed E-state index contributed by atoms with van der Waals surface area (Å²) in [6.07, 6.45) is 0. The fraction of sp³-hybridized carbons (Fsp3) is 0.0870. The number of nitrogens with one attached hydrogen (secondary N) is 2. The molecule has 0 aromatic heterocycles. The van der Waals surface area contributed by atoms with Gasteiger partial charge in [0.15, 0.2) is 0 Å². The lowest BCUT2D eigenvalue weighted by Gasteiger charge is -2.12. The molecule has 6 nitrogen and oxygen atoms in total. The summed E-state index contributed by atoms with van der Waals surface area (Å²) in [5.74, 6) is -0.382. The van der Waals surface area contributed by atoms with Gasteiger partial charge in [-0.3, -0.25) is 14.6 Å². The van der Waals surface area contributed by atoms with Crippen molar-refractivity contribution in [3.8, 4) is 0 Å². The zero-order valence-corrected chi connectivity index (χ0v) is 18.2. The SMILES string of the molecule is CCN=C(N)c1ccc(C(=O)Nc2ccc(Cl)cc2C(=O)Nc2ccc(Cl)cc2)cc1. The third-order valence-electron chi connectivity index (χ3n) is 4.35. The topological polar surface area (TPSA) is 96.6 Å². The summed E-state index contributed by atoms with van der Waals surface area (Å²) >= 11 is 12.0. The molecule has 3 aromatic carbocycles. The number of hydrogen-bond acceptors (Lipinski definition) is 3. The molecular weight excluding hydrogens is 435 g/mol. The van der Waals surface area contributed by atoms with Crippen molar-refractivity contribution in [2.75, 3.05) is 17.2 Å². The second kappa shape index (κ2) is 10.1. The van der Waals surface area contributed by atoms with Crippen LogP contribution in [0.15, 0.2) is 71.7 Å². The summed E-state index contributed by atoms with van der Waals surface area (Å²) in [4.78, 5) is 29.7. The van der Waals surface area contributed by atoms with Crippen LogP contribution in [-0.4, -0.2) is 24.2 Å². The molecule has 0 saturated heterocycles. The largest absolute Gasteiger partial charge is 0.384 e. The monoisotopic (exact) mass is 454 g/mol. The van der Waals surface area contributed by atoms with Gasteiger partial charge in [-0.25, -0.2) is 0 Å². The first-order valence-corrected chi connectivity index (χ1v) is 10.2. The van der Waals surface area contributed by atoms with Crippen LogP contribution in [0.3, 0.4) is 0 Å². The number of anilines is 2. The number of amidine groups is 1. The van der Waals surface area contributed by atoms with Crippen LogP contribution in [0.25, 0.3) is 0 Å². The Labute approximate surface area is 190 Å². The molecule has 4 N–H and O–H groups in total. The zero-order chi connectivity index (χ0) is 22.4. The first kappa shape index (κ1) is 22.3. The van der Waals surface area contributed by atoms with Gasteiger partial charge < -0.3 is 16.4 Å². The fourth-order valence-electron chi connectivity index (χ4n) is 2.79. The molecule has 0 unspecified atom stereocenters. The predicted molar refractivity (Wildman–Crippen MR) is 127 cm³/mol. The Kier molecular flexibility index (Phi) is 7.28. The Morgan fingerprint density at radius 3 is 2.10 bits per heavy atom. The van der Waals surface area contributed by atoms with Gasteiger partial charge in [0.1, 0.15) is 5.84 Å². The van der Waals surface area contributed by atoms with E-state index in [1.54, 1.807) is 60.7 Å². The van der Waals surface area contributed by atoms with E-state index in [1.165, 1.54) is 6.07 Å². The maximum atomic E-state index is 12.8. The van der Waals surface area contributed by atoms with Crippen LogP contribution in [0.5, 0.6) is 0 Å². The van der Waals surface area contributed by atoms with Gasteiger partial charge in [0.25, 0.3) is 11.8 Å². The van der Waals surface area contributed by atoms with Crippen LogP contribution in [0, 0.1) is 0 Å². The Morgan fingerprint density at radius 1 is 0.839 bits per heavy atom. The van der Waals surface area contributed by atoms with Crippen molar-refractivity contribution in [3.05, 3.63) is 93.5 Å². The smallest absolute Gasteiger partial charge is 0.257 e. The van der Waals surface area contributed by atoms with E-state index in [4.69, 9.17) is 28.9 Å². The molecule has 0 radical (unpaired) electrons. The van der Waals surface area contributed by atoms with Gasteiger partial charge in [-0.15, -0.1) is 0 Å². The number of hydrogen-bond donors (Lipinski definition) is 3. The third kappa shape index (κ3) is 5.84. The molecule has 0 spiro atoms. The normalized spacial score (nSPS) is 11.1. The highest BCUT2D eigenvalue weighted by atomic mass is 35.5. The van der Waals surface area contributed by atoms with Crippen LogP contribution in [0.4, 0.5) is 11.4 Å². The number of carbonyl (C=O) groups is 2. The Balaban J connectivity index is 1.80. The molecule has 0 saturated carbocycles. The maximum Gasteiger partial charge on any atom is 0.257 e. The lowest BCUT2D eigenvalue weighted by molar-refractivity contribution is 0.102. The van der Waals surface area contributed by atoms with Crippen molar-refractivity contribution >= 4 is 52.2 Å². The van der Waals surface area contributed by atoms with E-state index in [1.807, 2.05) is 6.92 Å². The molecular formula is C23H20Cl2N4O2.